The molecule has 114 valence electrons. The van der Waals surface area contributed by atoms with Crippen molar-refractivity contribution < 1.29 is 13.3 Å². The topological polar surface area (TPSA) is 157 Å². The van der Waals surface area contributed by atoms with E-state index in [0.29, 0.717) is 0 Å². The molecule has 0 aliphatic heterocycles. The second-order valence-corrected chi connectivity index (χ2v) is 5.64. The Morgan fingerprint density at radius 1 is 1.24 bits per heavy atom. The average molecular weight is 314 g/mol. The molecular weight excluding hydrogens is 300 g/mol. The molecule has 1 aromatic carbocycles. The van der Waals surface area contributed by atoms with Gasteiger partial charge in [0.2, 0.25) is 5.96 Å². The molecule has 0 spiro atoms. The fraction of sp³-hybridized carbons (Fsp3) is 0.200. The van der Waals surface area contributed by atoms with Crippen molar-refractivity contribution in [1.29, 1.82) is 0 Å². The van der Waals surface area contributed by atoms with Crippen molar-refractivity contribution in [3.05, 3.63) is 34.4 Å². The van der Waals surface area contributed by atoms with E-state index in [4.69, 9.17) is 11.5 Å². The molecule has 0 amide bonds. The molecule has 0 radical (unpaired) electrons. The zero-order chi connectivity index (χ0) is 16.2. The molecule has 0 saturated carbocycles. The van der Waals surface area contributed by atoms with Gasteiger partial charge < -0.3 is 16.4 Å². The summed E-state index contributed by atoms with van der Waals surface area (Å²) in [7, 11) is -0.926. The highest BCUT2D eigenvalue weighted by atomic mass is 32.2. The number of hydrogen-bond acceptors (Lipinski definition) is 4. The molecule has 0 heterocycles. The lowest BCUT2D eigenvalue weighted by Crippen LogP contribution is -2.32. The van der Waals surface area contributed by atoms with Gasteiger partial charge in [0.15, 0.2) is 5.96 Å². The van der Waals surface area contributed by atoms with Crippen molar-refractivity contribution in [1.82, 2.24) is 4.90 Å². The van der Waals surface area contributed by atoms with Crippen LogP contribution in [0.2, 0.25) is 0 Å². The lowest BCUT2D eigenvalue weighted by Gasteiger charge is -2.09. The molecule has 0 unspecified atom stereocenters. The number of nitrogens with zero attached hydrogens (tertiary/aromatic N) is 4. The van der Waals surface area contributed by atoms with Gasteiger partial charge in [-0.2, -0.15) is 13.4 Å². The van der Waals surface area contributed by atoms with Crippen molar-refractivity contribution >= 4 is 27.6 Å². The van der Waals surface area contributed by atoms with Crippen molar-refractivity contribution in [2.24, 2.45) is 20.9 Å². The largest absolute Gasteiger partial charge is 0.369 e. The molecule has 0 aromatic heterocycles. The smallest absolute Gasteiger partial charge is 0.285 e. The maximum Gasteiger partial charge on any atom is 0.285 e. The first kappa shape index (κ1) is 16.4. The van der Waals surface area contributed by atoms with Gasteiger partial charge in [0.25, 0.3) is 15.7 Å². The van der Waals surface area contributed by atoms with Gasteiger partial charge >= 0.3 is 0 Å². The maximum atomic E-state index is 11.9. The molecule has 0 aliphatic carbocycles. The monoisotopic (exact) mass is 314 g/mol. The molecule has 0 atom stereocenters. The number of aliphatic imine (C=N–C) groups is 1. The van der Waals surface area contributed by atoms with Crippen LogP contribution in [-0.2, 0) is 10.0 Å². The fourth-order valence-electron chi connectivity index (χ4n) is 1.15. The highest BCUT2D eigenvalue weighted by molar-refractivity contribution is 7.90. The molecule has 21 heavy (non-hydrogen) atoms. The zero-order valence-corrected chi connectivity index (χ0v) is 12.1. The summed E-state index contributed by atoms with van der Waals surface area (Å²) >= 11 is 0. The third-order valence-corrected chi connectivity index (χ3v) is 3.54. The Bertz CT molecular complexity index is 693. The second kappa shape index (κ2) is 6.17. The molecular formula is C10H14N6O4S. The van der Waals surface area contributed by atoms with Crippen molar-refractivity contribution in [3.8, 4) is 0 Å². The van der Waals surface area contributed by atoms with Crippen LogP contribution >= 0.6 is 0 Å². The third-order valence-electron chi connectivity index (χ3n) is 2.25. The summed E-state index contributed by atoms with van der Waals surface area (Å²) < 4.78 is 27.1. The van der Waals surface area contributed by atoms with Crippen molar-refractivity contribution in [2.75, 3.05) is 14.1 Å². The van der Waals surface area contributed by atoms with E-state index in [1.54, 1.807) is 14.1 Å². The Morgan fingerprint density at radius 2 is 1.76 bits per heavy atom. The van der Waals surface area contributed by atoms with Crippen LogP contribution in [0.25, 0.3) is 0 Å². The van der Waals surface area contributed by atoms with Crippen LogP contribution in [0.5, 0.6) is 0 Å². The summed E-state index contributed by atoms with van der Waals surface area (Å²) in [5.74, 6) is -0.560. The summed E-state index contributed by atoms with van der Waals surface area (Å²) in [5.41, 5.74) is 10.6. The van der Waals surface area contributed by atoms with E-state index in [1.807, 2.05) is 0 Å². The number of nitro benzene ring substituents is 1. The SMILES string of the molecule is CN(C)/C(N)=N/C(N)=N/S(=O)(=O)c1ccc([N+](=O)[O-])cc1. The van der Waals surface area contributed by atoms with Gasteiger partial charge in [-0.1, -0.05) is 0 Å². The summed E-state index contributed by atoms with van der Waals surface area (Å²) in [4.78, 5) is 14.6. The minimum Gasteiger partial charge on any atom is -0.369 e. The molecule has 0 aliphatic rings. The third kappa shape index (κ3) is 4.42. The van der Waals surface area contributed by atoms with Crippen molar-refractivity contribution in [2.45, 2.75) is 4.90 Å². The number of guanidine groups is 2. The van der Waals surface area contributed by atoms with Crippen LogP contribution in [0.4, 0.5) is 5.69 Å². The normalized spacial score (nSPS) is 13.0. The number of sulfonamides is 1. The summed E-state index contributed by atoms with van der Waals surface area (Å²) in [5, 5.41) is 10.5. The van der Waals surface area contributed by atoms with E-state index in [1.165, 1.54) is 4.90 Å². The summed E-state index contributed by atoms with van der Waals surface area (Å²) in [6.45, 7) is 0. The molecule has 4 N–H and O–H groups in total. The van der Waals surface area contributed by atoms with Crippen LogP contribution in [0.15, 0.2) is 38.6 Å². The van der Waals surface area contributed by atoms with Gasteiger partial charge in [-0.05, 0) is 12.1 Å². The Balaban J connectivity index is 3.11. The number of non-ortho nitro benzene ring substituents is 1. The molecule has 1 rings (SSSR count). The van der Waals surface area contributed by atoms with Gasteiger partial charge in [-0.25, -0.2) is 0 Å². The van der Waals surface area contributed by atoms with Crippen LogP contribution in [0.3, 0.4) is 0 Å². The highest BCUT2D eigenvalue weighted by Gasteiger charge is 2.15. The van der Waals surface area contributed by atoms with E-state index >= 15 is 0 Å². The van der Waals surface area contributed by atoms with E-state index in [0.717, 1.165) is 24.3 Å². The quantitative estimate of drug-likeness (QED) is 0.328. The van der Waals surface area contributed by atoms with Gasteiger partial charge in [-0.3, -0.25) is 10.1 Å². The predicted octanol–water partition coefficient (Wildman–Crippen LogP) is -0.525. The lowest BCUT2D eigenvalue weighted by atomic mass is 10.3. The number of nitro groups is 1. The minimum atomic E-state index is -4.11. The predicted molar refractivity (Wildman–Crippen MR) is 77.2 cm³/mol. The van der Waals surface area contributed by atoms with E-state index in [9.17, 15) is 18.5 Å². The molecule has 0 bridgehead atoms. The Kier molecular flexibility index (Phi) is 4.81. The lowest BCUT2D eigenvalue weighted by molar-refractivity contribution is -0.384. The molecule has 11 heteroatoms. The van der Waals surface area contributed by atoms with Gasteiger partial charge in [0.05, 0.1) is 9.82 Å². The van der Waals surface area contributed by atoms with E-state index in [2.05, 4.69) is 9.39 Å². The van der Waals surface area contributed by atoms with Gasteiger partial charge in [0, 0.05) is 26.2 Å². The minimum absolute atomic E-state index is 0.0184. The van der Waals surface area contributed by atoms with Crippen molar-refractivity contribution in [3.63, 3.8) is 0 Å². The number of nitrogens with two attached hydrogens (primary N) is 2. The van der Waals surface area contributed by atoms with Gasteiger partial charge in [0.1, 0.15) is 0 Å². The number of hydrogen-bond donors (Lipinski definition) is 2. The Labute approximate surface area is 121 Å². The first-order valence-corrected chi connectivity index (χ1v) is 6.94. The van der Waals surface area contributed by atoms with Gasteiger partial charge in [-0.15, -0.1) is 4.40 Å². The van der Waals surface area contributed by atoms with Crippen LogP contribution in [0.1, 0.15) is 0 Å². The molecule has 0 saturated heterocycles. The number of benzene rings is 1. The zero-order valence-electron chi connectivity index (χ0n) is 11.3. The second-order valence-electron chi connectivity index (χ2n) is 4.04. The standard InChI is InChI=1S/C10H14N6O4S/c1-15(2)10(12)13-9(11)14-21(19,20)8-5-3-7(4-6-8)16(17)18/h3-6H,1-2H3,(H4,11,12,13,14). The molecule has 1 aromatic rings. The average Bonchev–Trinajstić information content (AvgIpc) is 2.37. The maximum absolute atomic E-state index is 11.9. The van der Waals surface area contributed by atoms with Crippen LogP contribution in [-0.4, -0.2) is 44.3 Å². The Hall–Kier alpha value is -2.69. The first-order chi connectivity index (χ1) is 9.63. The molecule has 0 fully saturated rings. The molecule has 10 nitrogen and oxygen atoms in total. The Morgan fingerprint density at radius 3 is 2.19 bits per heavy atom. The number of rotatable bonds is 3. The summed E-state index contributed by atoms with van der Waals surface area (Å²) in [6.07, 6.45) is 0. The first-order valence-electron chi connectivity index (χ1n) is 5.50. The summed E-state index contributed by atoms with van der Waals surface area (Å²) in [6, 6.07) is 4.22. The van der Waals surface area contributed by atoms with Crippen LogP contribution < -0.4 is 11.5 Å². The van der Waals surface area contributed by atoms with E-state index < -0.39 is 20.9 Å². The van der Waals surface area contributed by atoms with Crippen LogP contribution in [0, 0.1) is 10.1 Å². The fourth-order valence-corrected chi connectivity index (χ4v) is 2.03. The highest BCUT2D eigenvalue weighted by Crippen LogP contribution is 2.17. The van der Waals surface area contributed by atoms with E-state index in [-0.39, 0.29) is 16.5 Å².